The number of hydrogen-bond acceptors (Lipinski definition) is 7. The number of nitrogens with one attached hydrogen (secondary N) is 2. The van der Waals surface area contributed by atoms with Crippen LogP contribution in [0.5, 0.6) is 0 Å². The fraction of sp³-hybridized carbons (Fsp3) is 0.500. The molecule has 3 aromatic rings. The minimum absolute atomic E-state index is 0.218. The molecule has 2 aromatic heterocycles. The van der Waals surface area contributed by atoms with Crippen molar-refractivity contribution in [1.29, 1.82) is 0 Å². The second-order valence-electron chi connectivity index (χ2n) is 11.6. The van der Waals surface area contributed by atoms with Gasteiger partial charge < -0.3 is 25.8 Å². The van der Waals surface area contributed by atoms with Crippen LogP contribution in [0.3, 0.4) is 0 Å². The maximum absolute atomic E-state index is 12.6. The molecule has 4 rings (SSSR count). The zero-order valence-corrected chi connectivity index (χ0v) is 25.4. The van der Waals surface area contributed by atoms with Crippen LogP contribution in [0, 0.1) is 11.5 Å². The zero-order valence-electron chi connectivity index (χ0n) is 24.4. The smallest absolute Gasteiger partial charge is 0.250 e. The Morgan fingerprint density at radius 1 is 1.05 bits per heavy atom. The van der Waals surface area contributed by atoms with E-state index < -0.39 is 8.07 Å². The van der Waals surface area contributed by atoms with Crippen molar-refractivity contribution in [2.45, 2.75) is 64.7 Å². The SMILES string of the molecule is CC(C)[Si](C#Cc1cc(=O)[nH]c2nc(Nc3ccc(N4CCN(C)CC4)c(CN)c3)ncc12)(C(C)C)C(C)C. The van der Waals surface area contributed by atoms with Crippen molar-refractivity contribution < 1.29 is 0 Å². The number of pyridine rings is 1. The third kappa shape index (κ3) is 6.03. The predicted octanol–water partition coefficient (Wildman–Crippen LogP) is 4.84. The number of piperazine rings is 1. The van der Waals surface area contributed by atoms with Crippen molar-refractivity contribution in [3.63, 3.8) is 0 Å². The number of aromatic nitrogens is 3. The van der Waals surface area contributed by atoms with Crippen molar-refractivity contribution in [1.82, 2.24) is 19.9 Å². The quantitative estimate of drug-likeness (QED) is 0.288. The summed E-state index contributed by atoms with van der Waals surface area (Å²) >= 11 is 0. The monoisotopic (exact) mass is 545 g/mol. The standard InChI is InChI=1S/C30H43N7OSi/c1-20(2)39(21(3)4,22(5)6)15-10-23-17-28(38)34-29-26(23)19-32-30(35-29)33-25-8-9-27(24(16-25)18-31)37-13-11-36(7)12-14-37/h8-9,16-17,19-22H,11-14,18,31H2,1-7H3,(H2,32,33,34,35,38). The lowest BCUT2D eigenvalue weighted by Gasteiger charge is -2.38. The van der Waals surface area contributed by atoms with Crippen LogP contribution in [0.2, 0.25) is 16.6 Å². The van der Waals surface area contributed by atoms with E-state index in [0.717, 1.165) is 42.8 Å². The summed E-state index contributed by atoms with van der Waals surface area (Å²) in [7, 11) is 0.202. The van der Waals surface area contributed by atoms with Gasteiger partial charge in [0.15, 0.2) is 0 Å². The minimum atomic E-state index is -1.95. The number of benzene rings is 1. The van der Waals surface area contributed by atoms with E-state index in [1.807, 2.05) is 6.07 Å². The first kappa shape index (κ1) is 28.8. The van der Waals surface area contributed by atoms with E-state index in [1.54, 1.807) is 12.3 Å². The van der Waals surface area contributed by atoms with Crippen LogP contribution < -0.4 is 21.5 Å². The Morgan fingerprint density at radius 2 is 1.72 bits per heavy atom. The molecule has 0 radical (unpaired) electrons. The maximum Gasteiger partial charge on any atom is 0.250 e. The van der Waals surface area contributed by atoms with E-state index in [1.165, 1.54) is 5.69 Å². The van der Waals surface area contributed by atoms with Crippen LogP contribution in [0.4, 0.5) is 17.3 Å². The number of nitrogens with two attached hydrogens (primary N) is 1. The lowest BCUT2D eigenvalue weighted by molar-refractivity contribution is 0.312. The van der Waals surface area contributed by atoms with Gasteiger partial charge in [0, 0.05) is 61.9 Å². The van der Waals surface area contributed by atoms with E-state index in [0.29, 0.717) is 40.3 Å². The molecule has 0 spiro atoms. The molecule has 0 atom stereocenters. The Hall–Kier alpha value is -3.19. The second-order valence-corrected chi connectivity index (χ2v) is 17.2. The van der Waals surface area contributed by atoms with Gasteiger partial charge in [-0.15, -0.1) is 5.54 Å². The Morgan fingerprint density at radius 3 is 2.33 bits per heavy atom. The van der Waals surface area contributed by atoms with Crippen LogP contribution in [-0.4, -0.2) is 61.2 Å². The van der Waals surface area contributed by atoms with Crippen LogP contribution in [0.15, 0.2) is 35.3 Å². The summed E-state index contributed by atoms with van der Waals surface area (Å²) in [6, 6.07) is 7.76. The molecule has 1 fully saturated rings. The summed E-state index contributed by atoms with van der Waals surface area (Å²) in [5, 5.41) is 4.04. The Labute approximate surface area is 233 Å². The van der Waals surface area contributed by atoms with E-state index in [2.05, 4.69) is 102 Å². The third-order valence-corrected chi connectivity index (χ3v) is 14.6. The van der Waals surface area contributed by atoms with Gasteiger partial charge in [-0.3, -0.25) is 4.79 Å². The average Bonchev–Trinajstić information content (AvgIpc) is 2.88. The van der Waals surface area contributed by atoms with Crippen molar-refractivity contribution >= 4 is 36.4 Å². The Kier molecular flexibility index (Phi) is 8.79. The molecule has 1 aliphatic heterocycles. The van der Waals surface area contributed by atoms with Crippen molar-refractivity contribution in [2.75, 3.05) is 43.4 Å². The maximum atomic E-state index is 12.6. The van der Waals surface area contributed by atoms with Gasteiger partial charge >= 0.3 is 0 Å². The molecule has 1 aromatic carbocycles. The van der Waals surface area contributed by atoms with Crippen molar-refractivity contribution in [3.05, 3.63) is 51.9 Å². The highest BCUT2D eigenvalue weighted by atomic mass is 28.3. The van der Waals surface area contributed by atoms with Gasteiger partial charge in [-0.25, -0.2) is 4.98 Å². The molecule has 4 N–H and O–H groups in total. The first-order chi connectivity index (χ1) is 18.5. The molecular weight excluding hydrogens is 502 g/mol. The van der Waals surface area contributed by atoms with Gasteiger partial charge in [-0.1, -0.05) is 47.5 Å². The number of likely N-dealkylation sites (N-methyl/N-ethyl adjacent to an activating group) is 1. The molecular formula is C30H43N7OSi. The molecule has 9 heteroatoms. The minimum Gasteiger partial charge on any atom is -0.369 e. The molecule has 0 bridgehead atoms. The third-order valence-electron chi connectivity index (χ3n) is 8.28. The molecule has 208 valence electrons. The van der Waals surface area contributed by atoms with Gasteiger partial charge in [-0.05, 0) is 47.4 Å². The molecule has 0 unspecified atom stereocenters. The summed E-state index contributed by atoms with van der Waals surface area (Å²) in [5.41, 5.74) is 15.4. The lowest BCUT2D eigenvalue weighted by Crippen LogP contribution is -2.44. The molecule has 8 nitrogen and oxygen atoms in total. The largest absolute Gasteiger partial charge is 0.369 e. The Balaban J connectivity index is 1.65. The number of H-pyrrole nitrogens is 1. The summed E-state index contributed by atoms with van der Waals surface area (Å²) in [4.78, 5) is 29.4. The van der Waals surface area contributed by atoms with Gasteiger partial charge in [-0.2, -0.15) is 4.98 Å². The molecule has 0 saturated carbocycles. The van der Waals surface area contributed by atoms with Crippen LogP contribution in [-0.2, 0) is 6.54 Å². The highest BCUT2D eigenvalue weighted by molar-refractivity contribution is 6.90. The average molecular weight is 546 g/mol. The van der Waals surface area contributed by atoms with E-state index in [-0.39, 0.29) is 5.56 Å². The fourth-order valence-electron chi connectivity index (χ4n) is 6.12. The molecule has 3 heterocycles. The molecule has 0 aliphatic carbocycles. The Bertz CT molecular complexity index is 1410. The number of anilines is 3. The lowest BCUT2D eigenvalue weighted by atomic mass is 10.1. The summed E-state index contributed by atoms with van der Waals surface area (Å²) in [6.45, 7) is 18.2. The zero-order chi connectivity index (χ0) is 28.3. The van der Waals surface area contributed by atoms with Crippen LogP contribution in [0.25, 0.3) is 11.0 Å². The number of aromatic amines is 1. The van der Waals surface area contributed by atoms with Gasteiger partial charge in [0.05, 0.1) is 5.39 Å². The molecule has 1 aliphatic rings. The highest BCUT2D eigenvalue weighted by Gasteiger charge is 2.41. The molecule has 1 saturated heterocycles. The normalized spacial score (nSPS) is 14.8. The fourth-order valence-corrected chi connectivity index (χ4v) is 11.3. The predicted molar refractivity (Wildman–Crippen MR) is 165 cm³/mol. The van der Waals surface area contributed by atoms with Crippen molar-refractivity contribution in [3.8, 4) is 11.5 Å². The number of rotatable bonds is 7. The number of hydrogen-bond donors (Lipinski definition) is 3. The number of nitrogens with zero attached hydrogens (tertiary/aromatic N) is 4. The van der Waals surface area contributed by atoms with E-state index >= 15 is 0 Å². The molecule has 39 heavy (non-hydrogen) atoms. The summed E-state index contributed by atoms with van der Waals surface area (Å²) in [5.74, 6) is 3.82. The molecule has 0 amide bonds. The number of fused-ring (bicyclic) bond motifs is 1. The van der Waals surface area contributed by atoms with E-state index in [9.17, 15) is 4.79 Å². The van der Waals surface area contributed by atoms with Gasteiger partial charge in [0.2, 0.25) is 5.95 Å². The van der Waals surface area contributed by atoms with Gasteiger partial charge in [0.1, 0.15) is 13.7 Å². The summed E-state index contributed by atoms with van der Waals surface area (Å²) in [6.07, 6.45) is 1.75. The van der Waals surface area contributed by atoms with Crippen LogP contribution in [0.1, 0.15) is 52.7 Å². The first-order valence-corrected chi connectivity index (χ1v) is 16.2. The van der Waals surface area contributed by atoms with E-state index in [4.69, 9.17) is 5.73 Å². The summed E-state index contributed by atoms with van der Waals surface area (Å²) < 4.78 is 0. The highest BCUT2D eigenvalue weighted by Crippen LogP contribution is 2.40. The first-order valence-electron chi connectivity index (χ1n) is 14.0. The van der Waals surface area contributed by atoms with Gasteiger partial charge in [0.25, 0.3) is 5.56 Å². The topological polar surface area (TPSA) is 103 Å². The van der Waals surface area contributed by atoms with Crippen molar-refractivity contribution in [2.24, 2.45) is 5.73 Å². The second kappa shape index (κ2) is 11.9. The van der Waals surface area contributed by atoms with Crippen LogP contribution >= 0.6 is 0 Å².